The number of carbonyl (C=O) groups is 1. The van der Waals surface area contributed by atoms with Crippen molar-refractivity contribution in [3.8, 4) is 11.1 Å². The third kappa shape index (κ3) is 1.76. The van der Waals surface area contributed by atoms with Crippen molar-refractivity contribution in [2.75, 3.05) is 0 Å². The topological polar surface area (TPSA) is 42.9 Å². The van der Waals surface area contributed by atoms with Gasteiger partial charge in [-0.3, -0.25) is 14.8 Å². The van der Waals surface area contributed by atoms with E-state index in [-0.39, 0.29) is 0 Å². The molecule has 0 amide bonds. The molecule has 74 valence electrons. The molecule has 0 aliphatic carbocycles. The zero-order valence-electron chi connectivity index (χ0n) is 8.34. The average Bonchev–Trinajstić information content (AvgIpc) is 2.30. The van der Waals surface area contributed by atoms with Crippen molar-refractivity contribution >= 4 is 6.29 Å². The molecule has 0 bridgehead atoms. The number of carbonyl (C=O) groups excluding carboxylic acids is 1. The maximum absolute atomic E-state index is 10.8. The van der Waals surface area contributed by atoms with Crippen molar-refractivity contribution in [2.24, 2.45) is 0 Å². The van der Waals surface area contributed by atoms with Gasteiger partial charge in [-0.1, -0.05) is 0 Å². The van der Waals surface area contributed by atoms with Gasteiger partial charge in [0.1, 0.15) is 0 Å². The van der Waals surface area contributed by atoms with Crippen LogP contribution in [0.1, 0.15) is 15.9 Å². The van der Waals surface area contributed by atoms with Crippen LogP contribution in [-0.2, 0) is 0 Å². The minimum atomic E-state index is 0.629. The van der Waals surface area contributed by atoms with Gasteiger partial charge in [0, 0.05) is 35.9 Å². The van der Waals surface area contributed by atoms with Crippen molar-refractivity contribution in [1.82, 2.24) is 9.97 Å². The van der Waals surface area contributed by atoms with E-state index < -0.39 is 0 Å². The molecule has 0 aliphatic heterocycles. The van der Waals surface area contributed by atoms with Crippen LogP contribution in [0.4, 0.5) is 0 Å². The normalized spacial score (nSPS) is 9.93. The van der Waals surface area contributed by atoms with Crippen molar-refractivity contribution in [3.05, 3.63) is 48.0 Å². The largest absolute Gasteiger partial charge is 0.298 e. The van der Waals surface area contributed by atoms with E-state index in [4.69, 9.17) is 0 Å². The first-order valence-corrected chi connectivity index (χ1v) is 4.63. The maximum atomic E-state index is 10.8. The Morgan fingerprint density at radius 1 is 1.13 bits per heavy atom. The van der Waals surface area contributed by atoms with Crippen molar-refractivity contribution in [3.63, 3.8) is 0 Å². The molecule has 0 aromatic carbocycles. The van der Waals surface area contributed by atoms with Gasteiger partial charge in [-0.15, -0.1) is 0 Å². The molecule has 0 aliphatic rings. The van der Waals surface area contributed by atoms with Crippen LogP contribution in [0, 0.1) is 6.92 Å². The Balaban J connectivity index is 2.59. The Labute approximate surface area is 87.8 Å². The Bertz CT molecular complexity index is 480. The number of rotatable bonds is 2. The highest BCUT2D eigenvalue weighted by Crippen LogP contribution is 2.22. The summed E-state index contributed by atoms with van der Waals surface area (Å²) in [6.45, 7) is 1.92. The van der Waals surface area contributed by atoms with E-state index in [1.165, 1.54) is 0 Å². The fourth-order valence-electron chi connectivity index (χ4n) is 1.48. The second kappa shape index (κ2) is 4.00. The van der Waals surface area contributed by atoms with Crippen molar-refractivity contribution in [2.45, 2.75) is 6.92 Å². The van der Waals surface area contributed by atoms with Gasteiger partial charge >= 0.3 is 0 Å². The Kier molecular flexibility index (Phi) is 2.54. The van der Waals surface area contributed by atoms with Crippen LogP contribution in [0.3, 0.4) is 0 Å². The zero-order valence-corrected chi connectivity index (χ0v) is 8.34. The Morgan fingerprint density at radius 3 is 2.53 bits per heavy atom. The second-order valence-electron chi connectivity index (χ2n) is 3.26. The molecule has 2 heterocycles. The summed E-state index contributed by atoms with van der Waals surface area (Å²) >= 11 is 0. The minimum absolute atomic E-state index is 0.629. The molecular weight excluding hydrogens is 188 g/mol. The van der Waals surface area contributed by atoms with Crippen molar-refractivity contribution in [1.29, 1.82) is 0 Å². The summed E-state index contributed by atoms with van der Waals surface area (Å²) in [5.41, 5.74) is 3.58. The van der Waals surface area contributed by atoms with Crippen LogP contribution in [0.2, 0.25) is 0 Å². The average molecular weight is 198 g/mol. The van der Waals surface area contributed by atoms with Gasteiger partial charge in [-0.2, -0.15) is 0 Å². The summed E-state index contributed by atoms with van der Waals surface area (Å²) in [5, 5.41) is 0. The number of nitrogens with zero attached hydrogens (tertiary/aromatic N) is 2. The van der Waals surface area contributed by atoms with Gasteiger partial charge in [0.25, 0.3) is 0 Å². The van der Waals surface area contributed by atoms with E-state index in [0.29, 0.717) is 5.56 Å². The molecule has 0 N–H and O–H groups in total. The van der Waals surface area contributed by atoms with E-state index in [1.807, 2.05) is 19.1 Å². The molecule has 2 aromatic heterocycles. The number of pyridine rings is 2. The molecule has 0 atom stereocenters. The Hall–Kier alpha value is -2.03. The molecule has 0 radical (unpaired) electrons. The van der Waals surface area contributed by atoms with Crippen LogP contribution in [0.15, 0.2) is 36.9 Å². The van der Waals surface area contributed by atoms with Gasteiger partial charge < -0.3 is 0 Å². The summed E-state index contributed by atoms with van der Waals surface area (Å²) in [6, 6.07) is 3.80. The van der Waals surface area contributed by atoms with Gasteiger partial charge in [0.15, 0.2) is 6.29 Å². The number of hydrogen-bond donors (Lipinski definition) is 0. The highest BCUT2D eigenvalue weighted by molar-refractivity contribution is 5.81. The molecule has 0 unspecified atom stereocenters. The minimum Gasteiger partial charge on any atom is -0.298 e. The van der Waals surface area contributed by atoms with Crippen molar-refractivity contribution < 1.29 is 4.79 Å². The molecule has 15 heavy (non-hydrogen) atoms. The predicted molar refractivity (Wildman–Crippen MR) is 57.6 cm³/mol. The van der Waals surface area contributed by atoms with Crippen LogP contribution in [-0.4, -0.2) is 16.3 Å². The second-order valence-corrected chi connectivity index (χ2v) is 3.26. The van der Waals surface area contributed by atoms with Crippen LogP contribution >= 0.6 is 0 Å². The molecule has 2 rings (SSSR count). The Morgan fingerprint density at radius 2 is 1.87 bits per heavy atom. The molecule has 3 nitrogen and oxygen atoms in total. The molecule has 0 saturated carbocycles. The van der Waals surface area contributed by atoms with E-state index in [2.05, 4.69) is 9.97 Å². The SMILES string of the molecule is Cc1c(C=O)cncc1-c1ccncc1. The van der Waals surface area contributed by atoms with Crippen LogP contribution in [0.25, 0.3) is 11.1 Å². The van der Waals surface area contributed by atoms with Crippen LogP contribution < -0.4 is 0 Å². The summed E-state index contributed by atoms with van der Waals surface area (Å²) in [5.74, 6) is 0. The van der Waals surface area contributed by atoms with Gasteiger partial charge in [0.2, 0.25) is 0 Å². The lowest BCUT2D eigenvalue weighted by Gasteiger charge is -2.06. The molecular formula is C12H10N2O. The zero-order chi connectivity index (χ0) is 10.7. The molecule has 0 fully saturated rings. The smallest absolute Gasteiger partial charge is 0.151 e. The highest BCUT2D eigenvalue weighted by atomic mass is 16.1. The molecule has 3 heteroatoms. The maximum Gasteiger partial charge on any atom is 0.151 e. The summed E-state index contributed by atoms with van der Waals surface area (Å²) in [7, 11) is 0. The highest BCUT2D eigenvalue weighted by Gasteiger charge is 2.05. The van der Waals surface area contributed by atoms with Crippen LogP contribution in [0.5, 0.6) is 0 Å². The first kappa shape index (κ1) is 9.52. The van der Waals surface area contributed by atoms with Gasteiger partial charge in [0.05, 0.1) is 0 Å². The summed E-state index contributed by atoms with van der Waals surface area (Å²) in [6.07, 6.45) is 7.61. The van der Waals surface area contributed by atoms with E-state index in [9.17, 15) is 4.79 Å². The fourth-order valence-corrected chi connectivity index (χ4v) is 1.48. The van der Waals surface area contributed by atoms with E-state index in [1.54, 1.807) is 24.8 Å². The number of hydrogen-bond acceptors (Lipinski definition) is 3. The third-order valence-electron chi connectivity index (χ3n) is 2.37. The first-order chi connectivity index (χ1) is 7.33. The lowest BCUT2D eigenvalue weighted by Crippen LogP contribution is -1.92. The number of aromatic nitrogens is 2. The third-order valence-corrected chi connectivity index (χ3v) is 2.37. The quantitative estimate of drug-likeness (QED) is 0.695. The number of aldehydes is 1. The summed E-state index contributed by atoms with van der Waals surface area (Å²) < 4.78 is 0. The van der Waals surface area contributed by atoms with Gasteiger partial charge in [-0.05, 0) is 30.2 Å². The lowest BCUT2D eigenvalue weighted by atomic mass is 10.0. The summed E-state index contributed by atoms with van der Waals surface area (Å²) in [4.78, 5) is 18.8. The molecule has 0 spiro atoms. The van der Waals surface area contributed by atoms with E-state index in [0.717, 1.165) is 23.0 Å². The molecule has 2 aromatic rings. The molecule has 0 saturated heterocycles. The first-order valence-electron chi connectivity index (χ1n) is 4.63. The fraction of sp³-hybridized carbons (Fsp3) is 0.0833. The monoisotopic (exact) mass is 198 g/mol. The predicted octanol–water partition coefficient (Wildman–Crippen LogP) is 2.26. The lowest BCUT2D eigenvalue weighted by molar-refractivity contribution is 0.112. The van der Waals surface area contributed by atoms with Gasteiger partial charge in [-0.25, -0.2) is 0 Å². The van der Waals surface area contributed by atoms with E-state index >= 15 is 0 Å². The standard InChI is InChI=1S/C12H10N2O/c1-9-11(8-15)6-14-7-12(9)10-2-4-13-5-3-10/h2-8H,1H3.